The van der Waals surface area contributed by atoms with Crippen molar-refractivity contribution >= 4 is 17.5 Å². The second kappa shape index (κ2) is 7.99. The number of amides is 2. The molecule has 0 aromatic heterocycles. The molecule has 0 fully saturated rings. The number of carbonyl (C=O) groups is 2. The molecule has 5 nitrogen and oxygen atoms in total. The second-order valence-electron chi connectivity index (χ2n) is 6.36. The van der Waals surface area contributed by atoms with E-state index in [1.807, 2.05) is 18.2 Å². The molecule has 2 N–H and O–H groups in total. The van der Waals surface area contributed by atoms with Gasteiger partial charge in [0.15, 0.2) is 0 Å². The van der Waals surface area contributed by atoms with E-state index in [2.05, 4.69) is 16.7 Å². The molecule has 0 saturated heterocycles. The first-order chi connectivity index (χ1) is 11.7. The SMILES string of the molecule is O=C(Cc1ccc2c(c1)NC(=O)CCO2)NCCC1=CCCCC1. The molecule has 1 aliphatic heterocycles. The van der Waals surface area contributed by atoms with Gasteiger partial charge in [0.2, 0.25) is 11.8 Å². The van der Waals surface area contributed by atoms with Crippen molar-refractivity contribution in [2.45, 2.75) is 44.9 Å². The van der Waals surface area contributed by atoms with Gasteiger partial charge >= 0.3 is 0 Å². The predicted octanol–water partition coefficient (Wildman–Crippen LogP) is 2.96. The van der Waals surface area contributed by atoms with E-state index in [1.165, 1.54) is 31.3 Å². The van der Waals surface area contributed by atoms with Gasteiger partial charge in [-0.05, 0) is 49.8 Å². The van der Waals surface area contributed by atoms with Crippen LogP contribution in [-0.4, -0.2) is 25.0 Å². The summed E-state index contributed by atoms with van der Waals surface area (Å²) in [6.07, 6.45) is 8.80. The standard InChI is InChI=1S/C19H24N2O3/c22-18-9-11-24-17-7-6-15(12-16(17)21-18)13-19(23)20-10-8-14-4-2-1-3-5-14/h4,6-7,12H,1-3,5,8-11,13H2,(H,20,23)(H,21,22). The number of carbonyl (C=O) groups excluding carboxylic acids is 2. The Hall–Kier alpha value is -2.30. The monoisotopic (exact) mass is 328 g/mol. The minimum absolute atomic E-state index is 0.00669. The van der Waals surface area contributed by atoms with Crippen molar-refractivity contribution in [1.29, 1.82) is 0 Å². The van der Waals surface area contributed by atoms with Crippen LogP contribution in [0.2, 0.25) is 0 Å². The van der Waals surface area contributed by atoms with E-state index in [1.54, 1.807) is 0 Å². The number of allylic oxidation sites excluding steroid dienone is 1. The van der Waals surface area contributed by atoms with Crippen LogP contribution in [-0.2, 0) is 16.0 Å². The van der Waals surface area contributed by atoms with Gasteiger partial charge in [-0.25, -0.2) is 0 Å². The highest BCUT2D eigenvalue weighted by atomic mass is 16.5. The number of hydrogen-bond acceptors (Lipinski definition) is 3. The summed E-state index contributed by atoms with van der Waals surface area (Å²) < 4.78 is 5.52. The molecule has 2 amide bonds. The Balaban J connectivity index is 1.51. The van der Waals surface area contributed by atoms with Crippen LogP contribution in [0.5, 0.6) is 5.75 Å². The van der Waals surface area contributed by atoms with Gasteiger partial charge in [0, 0.05) is 6.54 Å². The van der Waals surface area contributed by atoms with Gasteiger partial charge in [-0.15, -0.1) is 0 Å². The van der Waals surface area contributed by atoms with E-state index in [0.29, 0.717) is 37.4 Å². The van der Waals surface area contributed by atoms with Crippen LogP contribution in [0.1, 0.15) is 44.1 Å². The van der Waals surface area contributed by atoms with E-state index in [-0.39, 0.29) is 11.8 Å². The topological polar surface area (TPSA) is 67.4 Å². The van der Waals surface area contributed by atoms with Crippen LogP contribution in [0.3, 0.4) is 0 Å². The van der Waals surface area contributed by atoms with Crippen LogP contribution >= 0.6 is 0 Å². The summed E-state index contributed by atoms with van der Waals surface area (Å²) in [6.45, 7) is 1.07. The summed E-state index contributed by atoms with van der Waals surface area (Å²) >= 11 is 0. The highest BCUT2D eigenvalue weighted by molar-refractivity contribution is 5.93. The molecular weight excluding hydrogens is 304 g/mol. The summed E-state index contributed by atoms with van der Waals surface area (Å²) in [5, 5.41) is 5.80. The first-order valence-corrected chi connectivity index (χ1v) is 8.71. The lowest BCUT2D eigenvalue weighted by Crippen LogP contribution is -2.26. The number of nitrogens with one attached hydrogen (secondary N) is 2. The van der Waals surface area contributed by atoms with Gasteiger partial charge in [-0.1, -0.05) is 17.7 Å². The molecule has 0 bridgehead atoms. The van der Waals surface area contributed by atoms with E-state index in [0.717, 1.165) is 12.0 Å². The lowest BCUT2D eigenvalue weighted by molar-refractivity contribution is -0.120. The van der Waals surface area contributed by atoms with Crippen molar-refractivity contribution in [1.82, 2.24) is 5.32 Å². The average molecular weight is 328 g/mol. The highest BCUT2D eigenvalue weighted by Crippen LogP contribution is 2.28. The summed E-state index contributed by atoms with van der Waals surface area (Å²) in [5.41, 5.74) is 2.98. The molecule has 0 unspecified atom stereocenters. The Morgan fingerprint density at radius 3 is 3.00 bits per heavy atom. The van der Waals surface area contributed by atoms with E-state index in [9.17, 15) is 9.59 Å². The molecule has 1 heterocycles. The van der Waals surface area contributed by atoms with Gasteiger partial charge < -0.3 is 15.4 Å². The molecule has 1 aliphatic carbocycles. The fraction of sp³-hybridized carbons (Fsp3) is 0.474. The van der Waals surface area contributed by atoms with E-state index >= 15 is 0 Å². The predicted molar refractivity (Wildman–Crippen MR) is 93.1 cm³/mol. The summed E-state index contributed by atoms with van der Waals surface area (Å²) in [6, 6.07) is 5.51. The number of fused-ring (bicyclic) bond motifs is 1. The van der Waals surface area contributed by atoms with Gasteiger partial charge in [-0.2, -0.15) is 0 Å². The van der Waals surface area contributed by atoms with Gasteiger partial charge in [-0.3, -0.25) is 9.59 Å². The summed E-state index contributed by atoms with van der Waals surface area (Å²) in [5.74, 6) is 0.609. The maximum atomic E-state index is 12.1. The number of anilines is 1. The summed E-state index contributed by atoms with van der Waals surface area (Å²) in [4.78, 5) is 23.7. The number of hydrogen-bond donors (Lipinski definition) is 2. The molecule has 0 spiro atoms. The molecule has 0 radical (unpaired) electrons. The third kappa shape index (κ3) is 4.60. The highest BCUT2D eigenvalue weighted by Gasteiger charge is 2.15. The normalized spacial score (nSPS) is 17.0. The van der Waals surface area contributed by atoms with Crippen molar-refractivity contribution in [3.63, 3.8) is 0 Å². The first kappa shape index (κ1) is 16.6. The molecule has 1 aromatic carbocycles. The zero-order valence-electron chi connectivity index (χ0n) is 13.9. The van der Waals surface area contributed by atoms with Crippen LogP contribution in [0.25, 0.3) is 0 Å². The maximum absolute atomic E-state index is 12.1. The minimum Gasteiger partial charge on any atom is -0.491 e. The third-order valence-electron chi connectivity index (χ3n) is 4.42. The molecule has 24 heavy (non-hydrogen) atoms. The molecule has 5 heteroatoms. The van der Waals surface area contributed by atoms with Gasteiger partial charge in [0.05, 0.1) is 25.1 Å². The third-order valence-corrected chi connectivity index (χ3v) is 4.42. The Labute approximate surface area is 142 Å². The van der Waals surface area contributed by atoms with Crippen molar-refractivity contribution < 1.29 is 14.3 Å². The van der Waals surface area contributed by atoms with Gasteiger partial charge in [0.1, 0.15) is 5.75 Å². The smallest absolute Gasteiger partial charge is 0.227 e. The molecule has 0 saturated carbocycles. The molecule has 128 valence electrons. The minimum atomic E-state index is -0.0592. The van der Waals surface area contributed by atoms with Crippen LogP contribution in [0.15, 0.2) is 29.8 Å². The van der Waals surface area contributed by atoms with Gasteiger partial charge in [0.25, 0.3) is 0 Å². The van der Waals surface area contributed by atoms with Crippen LogP contribution in [0, 0.1) is 0 Å². The van der Waals surface area contributed by atoms with Crippen LogP contribution in [0.4, 0.5) is 5.69 Å². The lowest BCUT2D eigenvalue weighted by Gasteiger charge is -2.13. The zero-order chi connectivity index (χ0) is 16.8. The number of ether oxygens (including phenoxy) is 1. The number of rotatable bonds is 5. The Kier molecular flexibility index (Phi) is 5.51. The zero-order valence-corrected chi connectivity index (χ0v) is 13.9. The number of benzene rings is 1. The first-order valence-electron chi connectivity index (χ1n) is 8.71. The van der Waals surface area contributed by atoms with Crippen LogP contribution < -0.4 is 15.4 Å². The fourth-order valence-corrected chi connectivity index (χ4v) is 3.12. The maximum Gasteiger partial charge on any atom is 0.227 e. The van der Waals surface area contributed by atoms with Crippen molar-refractivity contribution in [2.24, 2.45) is 0 Å². The molecule has 2 aliphatic rings. The van der Waals surface area contributed by atoms with E-state index < -0.39 is 0 Å². The largest absolute Gasteiger partial charge is 0.491 e. The average Bonchev–Trinajstić information content (AvgIpc) is 2.76. The van der Waals surface area contributed by atoms with E-state index in [4.69, 9.17) is 4.74 Å². The Morgan fingerprint density at radius 2 is 2.17 bits per heavy atom. The summed E-state index contributed by atoms with van der Waals surface area (Å²) in [7, 11) is 0. The lowest BCUT2D eigenvalue weighted by atomic mass is 9.97. The van der Waals surface area contributed by atoms with Crippen molar-refractivity contribution in [2.75, 3.05) is 18.5 Å². The molecule has 3 rings (SSSR count). The molecule has 1 aromatic rings. The quantitative estimate of drug-likeness (QED) is 0.817. The second-order valence-corrected chi connectivity index (χ2v) is 6.36. The molecule has 0 atom stereocenters. The van der Waals surface area contributed by atoms with Crippen molar-refractivity contribution in [3.05, 3.63) is 35.4 Å². The fourth-order valence-electron chi connectivity index (χ4n) is 3.12. The Bertz CT molecular complexity index is 652. The molecular formula is C19H24N2O3. The Morgan fingerprint density at radius 1 is 1.25 bits per heavy atom. The van der Waals surface area contributed by atoms with Crippen molar-refractivity contribution in [3.8, 4) is 5.75 Å².